The van der Waals surface area contributed by atoms with Crippen molar-refractivity contribution in [2.75, 3.05) is 0 Å². The molecule has 8 N–H and O–H groups in total. The van der Waals surface area contributed by atoms with Crippen molar-refractivity contribution in [3.05, 3.63) is 0 Å². The molecular weight excluding hydrogens is 236 g/mol. The number of nitrogens with two attached hydrogens (primary N) is 4. The van der Waals surface area contributed by atoms with Gasteiger partial charge in [0, 0.05) is 6.42 Å². The van der Waals surface area contributed by atoms with Gasteiger partial charge in [0.05, 0.1) is 18.1 Å². The minimum absolute atomic E-state index is 0.122. The lowest BCUT2D eigenvalue weighted by molar-refractivity contribution is -0.121. The van der Waals surface area contributed by atoms with E-state index in [4.69, 9.17) is 22.9 Å². The normalized spacial score (nSPS) is 15.7. The van der Waals surface area contributed by atoms with Crippen LogP contribution < -0.4 is 22.9 Å². The molecule has 0 aliphatic heterocycles. The smallest absolute Gasteiger partial charge is 0.234 e. The number of rotatable bonds is 10. The van der Waals surface area contributed by atoms with Crippen molar-refractivity contribution in [3.8, 4) is 0 Å². The molecule has 0 aliphatic carbocycles. The van der Waals surface area contributed by atoms with Gasteiger partial charge in [-0.15, -0.1) is 0 Å². The van der Waals surface area contributed by atoms with E-state index >= 15 is 0 Å². The summed E-state index contributed by atoms with van der Waals surface area (Å²) in [7, 11) is 0. The zero-order chi connectivity index (χ0) is 14.1. The van der Waals surface area contributed by atoms with Gasteiger partial charge in [0.25, 0.3) is 0 Å². The highest BCUT2D eigenvalue weighted by Gasteiger charge is 2.17. The molecule has 0 aromatic carbocycles. The zero-order valence-electron chi connectivity index (χ0n) is 10.3. The molecule has 0 spiro atoms. The molecule has 1 unspecified atom stereocenters. The highest BCUT2D eigenvalue weighted by molar-refractivity contribution is 5.85. The number of Topliss-reactive ketones (excluding diaryl/α,β-unsaturated/α-hetero) is 1. The van der Waals surface area contributed by atoms with Gasteiger partial charge in [-0.2, -0.15) is 0 Å². The average molecular weight is 257 g/mol. The van der Waals surface area contributed by atoms with Gasteiger partial charge in [0.2, 0.25) is 12.2 Å². The van der Waals surface area contributed by atoms with Crippen LogP contribution in [0.4, 0.5) is 0 Å². The van der Waals surface area contributed by atoms with Gasteiger partial charge in [0.15, 0.2) is 0 Å². The first-order chi connectivity index (χ1) is 8.38. The minimum Gasteiger partial charge on any atom is -0.368 e. The fourth-order valence-electron chi connectivity index (χ4n) is 1.40. The molecule has 1 amide bonds. The molecule has 0 heterocycles. The molecule has 0 saturated carbocycles. The number of hydrogen-bond donors (Lipinski definition) is 4. The van der Waals surface area contributed by atoms with Gasteiger partial charge in [-0.25, -0.2) is 0 Å². The second-order valence-corrected chi connectivity index (χ2v) is 4.28. The number of ketones is 1. The van der Waals surface area contributed by atoms with Crippen LogP contribution in [0, 0.1) is 0 Å². The van der Waals surface area contributed by atoms with Crippen molar-refractivity contribution in [1.82, 2.24) is 0 Å². The lowest BCUT2D eigenvalue weighted by Crippen LogP contribution is -2.38. The number of amides is 1. The van der Waals surface area contributed by atoms with Crippen LogP contribution in [0.25, 0.3) is 0 Å². The van der Waals surface area contributed by atoms with E-state index in [0.717, 1.165) is 0 Å². The van der Waals surface area contributed by atoms with Crippen LogP contribution in [0.3, 0.4) is 0 Å². The van der Waals surface area contributed by atoms with Gasteiger partial charge in [-0.05, 0) is 25.7 Å². The Kier molecular flexibility index (Phi) is 8.10. The van der Waals surface area contributed by atoms with Crippen LogP contribution in [0.2, 0.25) is 0 Å². The molecule has 18 heavy (non-hydrogen) atoms. The first kappa shape index (κ1) is 16.7. The third kappa shape index (κ3) is 7.10. The van der Waals surface area contributed by atoms with Gasteiger partial charge in [-0.3, -0.25) is 14.4 Å². The van der Waals surface area contributed by atoms with Crippen LogP contribution in [-0.2, 0) is 14.4 Å². The Morgan fingerprint density at radius 3 is 2.11 bits per heavy atom. The fraction of sp³-hybridized carbons (Fsp3) is 0.727. The Hall–Kier alpha value is -1.31. The van der Waals surface area contributed by atoms with Gasteiger partial charge in [0.1, 0.15) is 5.78 Å². The van der Waals surface area contributed by atoms with E-state index in [-0.39, 0.29) is 18.6 Å². The molecule has 0 rings (SSSR count). The van der Waals surface area contributed by atoms with E-state index in [1.165, 1.54) is 0 Å². The van der Waals surface area contributed by atoms with Crippen molar-refractivity contribution >= 4 is 18.0 Å². The van der Waals surface area contributed by atoms with E-state index in [0.29, 0.717) is 19.3 Å². The number of carbonyl (C=O) groups is 2. The Balaban J connectivity index is 3.82. The Labute approximate surface area is 106 Å². The van der Waals surface area contributed by atoms with E-state index in [1.54, 1.807) is 6.29 Å². The van der Waals surface area contributed by atoms with E-state index in [1.807, 2.05) is 0 Å². The zero-order valence-corrected chi connectivity index (χ0v) is 10.3. The average Bonchev–Trinajstić information content (AvgIpc) is 2.34. The second-order valence-electron chi connectivity index (χ2n) is 4.28. The summed E-state index contributed by atoms with van der Waals surface area (Å²) in [6, 6.07) is -2.07. The van der Waals surface area contributed by atoms with E-state index in [9.17, 15) is 14.4 Å². The van der Waals surface area contributed by atoms with Crippen molar-refractivity contribution in [1.29, 1.82) is 0 Å². The molecular formula is C11H21N4O3. The predicted molar refractivity (Wildman–Crippen MR) is 66.9 cm³/mol. The Morgan fingerprint density at radius 1 is 1.00 bits per heavy atom. The molecule has 0 bridgehead atoms. The van der Waals surface area contributed by atoms with Gasteiger partial charge < -0.3 is 22.9 Å². The third-order valence-corrected chi connectivity index (χ3v) is 2.66. The lowest BCUT2D eigenvalue weighted by atomic mass is 9.99. The number of carbonyl (C=O) groups excluding carboxylic acids is 3. The molecule has 3 atom stereocenters. The predicted octanol–water partition coefficient (Wildman–Crippen LogP) is -1.92. The Bertz CT molecular complexity index is 296. The largest absolute Gasteiger partial charge is 0.368 e. The standard InChI is InChI=1S/C11H21N4O3/c12-7(6-16)2-1-3-8(13)10(17)5-4-9(14)11(15)18/h7-9H,1-5,12-14H2,(H2,15,18)/t7-,8?,9-/m0/s1. The molecule has 7 nitrogen and oxygen atoms in total. The highest BCUT2D eigenvalue weighted by atomic mass is 16.1. The van der Waals surface area contributed by atoms with Crippen LogP contribution in [-0.4, -0.2) is 36.1 Å². The molecule has 0 saturated heterocycles. The topological polar surface area (TPSA) is 155 Å². The summed E-state index contributed by atoms with van der Waals surface area (Å²) in [6.45, 7) is 0. The summed E-state index contributed by atoms with van der Waals surface area (Å²) in [5.74, 6) is -0.806. The van der Waals surface area contributed by atoms with E-state index < -0.39 is 24.0 Å². The SMILES string of the molecule is NC(=O)[C@@H](N)CCC(=O)C(N)CCC[C@H](N)[C]=O. The monoisotopic (exact) mass is 257 g/mol. The maximum absolute atomic E-state index is 11.6. The van der Waals surface area contributed by atoms with Crippen molar-refractivity contribution in [2.45, 2.75) is 50.2 Å². The quantitative estimate of drug-likeness (QED) is 0.357. The number of primary amides is 1. The van der Waals surface area contributed by atoms with Crippen molar-refractivity contribution < 1.29 is 14.4 Å². The molecule has 0 fully saturated rings. The summed E-state index contributed by atoms with van der Waals surface area (Å²) in [5.41, 5.74) is 21.4. The summed E-state index contributed by atoms with van der Waals surface area (Å²) < 4.78 is 0. The van der Waals surface area contributed by atoms with Gasteiger partial charge in [-0.1, -0.05) is 0 Å². The fourth-order valence-corrected chi connectivity index (χ4v) is 1.40. The van der Waals surface area contributed by atoms with Crippen molar-refractivity contribution in [2.24, 2.45) is 22.9 Å². The maximum Gasteiger partial charge on any atom is 0.234 e. The van der Waals surface area contributed by atoms with Crippen LogP contribution in [0.1, 0.15) is 32.1 Å². The van der Waals surface area contributed by atoms with Crippen LogP contribution in [0.5, 0.6) is 0 Å². The van der Waals surface area contributed by atoms with Gasteiger partial charge >= 0.3 is 0 Å². The van der Waals surface area contributed by atoms with Crippen LogP contribution >= 0.6 is 0 Å². The maximum atomic E-state index is 11.6. The minimum atomic E-state index is -0.820. The lowest BCUT2D eigenvalue weighted by Gasteiger charge is -2.12. The molecule has 0 aromatic heterocycles. The molecule has 0 aromatic rings. The summed E-state index contributed by atoms with van der Waals surface area (Å²) in [4.78, 5) is 32.4. The molecule has 7 heteroatoms. The summed E-state index contributed by atoms with van der Waals surface area (Å²) in [5, 5.41) is 0. The van der Waals surface area contributed by atoms with Crippen molar-refractivity contribution in [3.63, 3.8) is 0 Å². The molecule has 0 aliphatic rings. The number of hydrogen-bond acceptors (Lipinski definition) is 6. The third-order valence-electron chi connectivity index (χ3n) is 2.66. The van der Waals surface area contributed by atoms with Crippen LogP contribution in [0.15, 0.2) is 0 Å². The second kappa shape index (κ2) is 8.73. The summed E-state index contributed by atoms with van der Waals surface area (Å²) in [6.07, 6.45) is 3.44. The first-order valence-electron chi connectivity index (χ1n) is 5.85. The molecule has 1 radical (unpaired) electrons. The summed E-state index contributed by atoms with van der Waals surface area (Å²) >= 11 is 0. The molecule has 103 valence electrons. The Morgan fingerprint density at radius 2 is 1.61 bits per heavy atom. The highest BCUT2D eigenvalue weighted by Crippen LogP contribution is 2.05. The first-order valence-corrected chi connectivity index (χ1v) is 5.85. The van der Waals surface area contributed by atoms with E-state index in [2.05, 4.69) is 0 Å².